The molecule has 186 valence electrons. The molecule has 2 saturated heterocycles. The number of benzene rings is 1. The van der Waals surface area contributed by atoms with E-state index in [1.165, 1.54) is 30.6 Å². The molecule has 0 radical (unpaired) electrons. The van der Waals surface area contributed by atoms with E-state index in [9.17, 15) is 14.4 Å². The van der Waals surface area contributed by atoms with E-state index in [0.717, 1.165) is 12.0 Å². The van der Waals surface area contributed by atoms with Gasteiger partial charge in [0.1, 0.15) is 0 Å². The van der Waals surface area contributed by atoms with Crippen molar-refractivity contribution in [3.05, 3.63) is 35.9 Å². The van der Waals surface area contributed by atoms with E-state index in [0.29, 0.717) is 38.1 Å². The molecular formula is C26H38N4O4. The van der Waals surface area contributed by atoms with Crippen LogP contribution in [0.15, 0.2) is 30.3 Å². The maximum Gasteiger partial charge on any atom is 0.240 e. The number of rotatable bonds is 9. The molecule has 1 aromatic rings. The lowest BCUT2D eigenvalue weighted by atomic mass is 9.75. The zero-order valence-electron chi connectivity index (χ0n) is 20.4. The summed E-state index contributed by atoms with van der Waals surface area (Å²) in [5.74, 6) is -0.0937. The monoisotopic (exact) mass is 470 g/mol. The Bertz CT molecular complexity index is 879. The molecule has 8 nitrogen and oxygen atoms in total. The number of carbonyl (C=O) groups excluding carboxylic acids is 3. The molecule has 4 rings (SSSR count). The first-order valence-electron chi connectivity index (χ1n) is 12.6. The smallest absolute Gasteiger partial charge is 0.240 e. The highest BCUT2D eigenvalue weighted by Gasteiger charge is 2.53. The fraction of sp³-hybridized carbons (Fsp3) is 0.654. The number of hydrogen-bond donors (Lipinski definition) is 2. The lowest BCUT2D eigenvalue weighted by Crippen LogP contribution is -2.46. The summed E-state index contributed by atoms with van der Waals surface area (Å²) < 4.78 is 5.09. The Balaban J connectivity index is 1.49. The molecule has 1 aromatic carbocycles. The molecule has 0 aromatic heterocycles. The molecule has 4 unspecified atom stereocenters. The van der Waals surface area contributed by atoms with Gasteiger partial charge in [-0.05, 0) is 30.7 Å². The maximum atomic E-state index is 13.6. The largest absolute Gasteiger partial charge is 0.385 e. The van der Waals surface area contributed by atoms with Gasteiger partial charge in [-0.2, -0.15) is 0 Å². The molecule has 2 heterocycles. The first-order valence-corrected chi connectivity index (χ1v) is 12.6. The molecule has 2 aliphatic heterocycles. The van der Waals surface area contributed by atoms with Crippen LogP contribution in [0.25, 0.3) is 0 Å². The van der Waals surface area contributed by atoms with E-state index in [4.69, 9.17) is 4.74 Å². The molecule has 3 amide bonds. The topological polar surface area (TPSA) is 91.0 Å². The number of amides is 3. The number of imide groups is 1. The third kappa shape index (κ3) is 5.04. The number of carbonyl (C=O) groups is 3. The normalized spacial score (nSPS) is 29.2. The van der Waals surface area contributed by atoms with E-state index >= 15 is 0 Å². The zero-order valence-corrected chi connectivity index (χ0v) is 20.4. The van der Waals surface area contributed by atoms with E-state index in [1.807, 2.05) is 37.4 Å². The molecule has 2 N–H and O–H groups in total. The van der Waals surface area contributed by atoms with Crippen LogP contribution in [0.2, 0.25) is 0 Å². The molecule has 0 spiro atoms. The SMILES string of the molecule is COCCCN1C(=O)CC(CC(=O)N(C)CC2NNC3CCCCCC32)(c2ccccc2)C1=O. The van der Waals surface area contributed by atoms with E-state index < -0.39 is 5.41 Å². The molecule has 1 saturated carbocycles. The van der Waals surface area contributed by atoms with Gasteiger partial charge in [-0.25, -0.2) is 0 Å². The van der Waals surface area contributed by atoms with Gasteiger partial charge >= 0.3 is 0 Å². The minimum atomic E-state index is -1.15. The quantitative estimate of drug-likeness (QED) is 0.424. The minimum Gasteiger partial charge on any atom is -0.385 e. The van der Waals surface area contributed by atoms with Crippen LogP contribution in [0.1, 0.15) is 56.9 Å². The highest BCUT2D eigenvalue weighted by atomic mass is 16.5. The number of likely N-dealkylation sites (N-methyl/N-ethyl adjacent to an activating group) is 1. The van der Waals surface area contributed by atoms with Crippen LogP contribution < -0.4 is 10.9 Å². The number of ether oxygens (including phenoxy) is 1. The lowest BCUT2D eigenvalue weighted by molar-refractivity contribution is -0.142. The Morgan fingerprint density at radius 3 is 2.68 bits per heavy atom. The second-order valence-corrected chi connectivity index (χ2v) is 10.1. The molecule has 8 heteroatoms. The Hall–Kier alpha value is -2.29. The van der Waals surface area contributed by atoms with Crippen molar-refractivity contribution in [3.63, 3.8) is 0 Å². The summed E-state index contributed by atoms with van der Waals surface area (Å²) in [5.41, 5.74) is 6.43. The van der Waals surface area contributed by atoms with Gasteiger partial charge in [-0.15, -0.1) is 0 Å². The third-order valence-corrected chi connectivity index (χ3v) is 7.85. The number of likely N-dealkylation sites (tertiary alicyclic amines) is 1. The van der Waals surface area contributed by atoms with Crippen LogP contribution in [0.4, 0.5) is 0 Å². The van der Waals surface area contributed by atoms with Gasteiger partial charge in [-0.1, -0.05) is 49.6 Å². The van der Waals surface area contributed by atoms with Crippen molar-refractivity contribution in [2.24, 2.45) is 5.92 Å². The summed E-state index contributed by atoms with van der Waals surface area (Å²) >= 11 is 0. The highest BCUT2D eigenvalue weighted by molar-refractivity contribution is 6.10. The molecule has 4 atom stereocenters. The van der Waals surface area contributed by atoms with E-state index in [2.05, 4.69) is 10.9 Å². The Labute approximate surface area is 202 Å². The standard InChI is InChI=1S/C26H38N4O4/c1-29(18-22-20-12-7-4-8-13-21(20)27-28-22)23(31)16-26(19-10-5-3-6-11-19)17-24(32)30(25(26)33)14-9-15-34-2/h3,5-6,10-11,20-22,27-28H,4,7-9,12-18H2,1-2H3. The van der Waals surface area contributed by atoms with Crippen molar-refractivity contribution in [1.82, 2.24) is 20.7 Å². The van der Waals surface area contributed by atoms with Crippen molar-refractivity contribution >= 4 is 17.7 Å². The maximum absolute atomic E-state index is 13.6. The average molecular weight is 471 g/mol. The predicted molar refractivity (Wildman–Crippen MR) is 129 cm³/mol. The molecule has 3 aliphatic rings. The summed E-state index contributed by atoms with van der Waals surface area (Å²) in [6.45, 7) is 1.37. The minimum absolute atomic E-state index is 0.00684. The van der Waals surface area contributed by atoms with Gasteiger partial charge in [0.15, 0.2) is 0 Å². The van der Waals surface area contributed by atoms with Crippen molar-refractivity contribution in [2.75, 3.05) is 33.9 Å². The second kappa shape index (κ2) is 11.0. The number of hydrogen-bond acceptors (Lipinski definition) is 6. The number of nitrogens with one attached hydrogen (secondary N) is 2. The van der Waals surface area contributed by atoms with Gasteiger partial charge in [0.2, 0.25) is 17.7 Å². The van der Waals surface area contributed by atoms with Gasteiger partial charge in [0, 0.05) is 58.8 Å². The number of nitrogens with zero attached hydrogens (tertiary/aromatic N) is 2. The zero-order chi connectivity index (χ0) is 24.1. The number of fused-ring (bicyclic) bond motifs is 1. The molecule has 3 fully saturated rings. The average Bonchev–Trinajstić information content (AvgIpc) is 3.20. The predicted octanol–water partition coefficient (Wildman–Crippen LogP) is 1.99. The van der Waals surface area contributed by atoms with Gasteiger partial charge < -0.3 is 9.64 Å². The molecule has 1 aliphatic carbocycles. The molecular weight excluding hydrogens is 432 g/mol. The van der Waals surface area contributed by atoms with Gasteiger partial charge in [0.25, 0.3) is 0 Å². The highest BCUT2D eigenvalue weighted by Crippen LogP contribution is 2.40. The van der Waals surface area contributed by atoms with Crippen molar-refractivity contribution < 1.29 is 19.1 Å². The van der Waals surface area contributed by atoms with Gasteiger partial charge in [0.05, 0.1) is 5.41 Å². The van der Waals surface area contributed by atoms with Crippen LogP contribution in [0.5, 0.6) is 0 Å². The Kier molecular flexibility index (Phi) is 8.01. The molecule has 34 heavy (non-hydrogen) atoms. The summed E-state index contributed by atoms with van der Waals surface area (Å²) in [7, 11) is 3.41. The first kappa shape index (κ1) is 24.8. The Morgan fingerprint density at radius 2 is 1.91 bits per heavy atom. The second-order valence-electron chi connectivity index (χ2n) is 10.1. The first-order chi connectivity index (χ1) is 16.5. The number of methoxy groups -OCH3 is 1. The summed E-state index contributed by atoms with van der Waals surface area (Å²) in [5, 5.41) is 0. The Morgan fingerprint density at radius 1 is 1.15 bits per heavy atom. The number of hydrazine groups is 1. The van der Waals surface area contributed by atoms with Crippen molar-refractivity contribution in [2.45, 2.75) is 68.9 Å². The van der Waals surface area contributed by atoms with Crippen LogP contribution in [0, 0.1) is 5.92 Å². The van der Waals surface area contributed by atoms with Crippen LogP contribution >= 0.6 is 0 Å². The summed E-state index contributed by atoms with van der Waals surface area (Å²) in [6.07, 6.45) is 6.67. The molecule has 0 bridgehead atoms. The summed E-state index contributed by atoms with van der Waals surface area (Å²) in [4.78, 5) is 43.1. The van der Waals surface area contributed by atoms with Crippen molar-refractivity contribution in [1.29, 1.82) is 0 Å². The van der Waals surface area contributed by atoms with Crippen LogP contribution in [-0.2, 0) is 24.5 Å². The van der Waals surface area contributed by atoms with E-state index in [1.54, 1.807) is 12.0 Å². The van der Waals surface area contributed by atoms with Crippen LogP contribution in [0.3, 0.4) is 0 Å². The van der Waals surface area contributed by atoms with Gasteiger partial charge in [-0.3, -0.25) is 30.1 Å². The summed E-state index contributed by atoms with van der Waals surface area (Å²) in [6, 6.07) is 9.96. The van der Waals surface area contributed by atoms with Crippen LogP contribution in [-0.4, -0.2) is 73.5 Å². The van der Waals surface area contributed by atoms with E-state index in [-0.39, 0.29) is 36.6 Å². The lowest BCUT2D eigenvalue weighted by Gasteiger charge is -2.31. The third-order valence-electron chi connectivity index (χ3n) is 7.85. The van der Waals surface area contributed by atoms with Crippen molar-refractivity contribution in [3.8, 4) is 0 Å². The fourth-order valence-corrected chi connectivity index (χ4v) is 5.91. The fourth-order valence-electron chi connectivity index (χ4n) is 5.91.